The van der Waals surface area contributed by atoms with E-state index in [9.17, 15) is 4.79 Å². The fraction of sp³-hybridized carbons (Fsp3) is 0.412. The first-order valence-corrected chi connectivity index (χ1v) is 7.98. The lowest BCUT2D eigenvalue weighted by atomic mass is 10.2. The van der Waals surface area contributed by atoms with Gasteiger partial charge in [-0.25, -0.2) is 4.79 Å². The molecule has 1 aliphatic rings. The zero-order valence-electron chi connectivity index (χ0n) is 14.2. The molecule has 1 aromatic heterocycles. The Kier molecular flexibility index (Phi) is 4.59. The number of benzene rings is 1. The number of anilines is 1. The van der Waals surface area contributed by atoms with Gasteiger partial charge in [-0.05, 0) is 31.5 Å². The maximum Gasteiger partial charge on any atom is 0.319 e. The number of rotatable bonds is 3. The lowest BCUT2D eigenvalue weighted by Crippen LogP contribution is -2.28. The van der Waals surface area contributed by atoms with Crippen molar-refractivity contribution < 1.29 is 14.3 Å². The predicted molar refractivity (Wildman–Crippen MR) is 90.6 cm³/mol. The van der Waals surface area contributed by atoms with Crippen LogP contribution in [0.5, 0.6) is 11.5 Å². The fourth-order valence-electron chi connectivity index (χ4n) is 2.61. The van der Waals surface area contributed by atoms with Crippen LogP contribution in [0.2, 0.25) is 0 Å². The second kappa shape index (κ2) is 6.82. The van der Waals surface area contributed by atoms with Crippen LogP contribution in [-0.4, -0.2) is 29.0 Å². The van der Waals surface area contributed by atoms with Crippen LogP contribution >= 0.6 is 0 Å². The number of aromatic nitrogens is 2. The molecule has 1 aromatic carbocycles. The van der Waals surface area contributed by atoms with Crippen LogP contribution < -0.4 is 20.1 Å². The Bertz CT molecular complexity index is 755. The lowest BCUT2D eigenvalue weighted by molar-refractivity contribution is 0.251. The van der Waals surface area contributed by atoms with Gasteiger partial charge in [0.25, 0.3) is 0 Å². The molecular weight excluding hydrogens is 308 g/mol. The van der Waals surface area contributed by atoms with Crippen molar-refractivity contribution in [2.45, 2.75) is 26.8 Å². The van der Waals surface area contributed by atoms with E-state index in [0.717, 1.165) is 40.6 Å². The second-order valence-corrected chi connectivity index (χ2v) is 5.81. The van der Waals surface area contributed by atoms with Crippen molar-refractivity contribution >= 4 is 11.7 Å². The molecule has 0 radical (unpaired) electrons. The molecule has 2 amide bonds. The van der Waals surface area contributed by atoms with Crippen LogP contribution in [0, 0.1) is 13.8 Å². The van der Waals surface area contributed by atoms with Crippen LogP contribution in [0.25, 0.3) is 0 Å². The summed E-state index contributed by atoms with van der Waals surface area (Å²) < 4.78 is 13.0. The molecule has 0 aliphatic carbocycles. The summed E-state index contributed by atoms with van der Waals surface area (Å²) in [6, 6.07) is 5.45. The Hall–Kier alpha value is -2.70. The summed E-state index contributed by atoms with van der Waals surface area (Å²) in [5.41, 5.74) is 3.40. The molecule has 2 heterocycles. The van der Waals surface area contributed by atoms with Crippen molar-refractivity contribution in [3.63, 3.8) is 0 Å². The minimum absolute atomic E-state index is 0.263. The molecule has 24 heavy (non-hydrogen) atoms. The van der Waals surface area contributed by atoms with Gasteiger partial charge in [0.1, 0.15) is 0 Å². The summed E-state index contributed by atoms with van der Waals surface area (Å²) >= 11 is 0. The maximum absolute atomic E-state index is 12.1. The normalized spacial score (nSPS) is 13.3. The summed E-state index contributed by atoms with van der Waals surface area (Å²) in [6.45, 7) is 5.49. The number of urea groups is 1. The molecular formula is C17H22N4O3. The van der Waals surface area contributed by atoms with Crippen LogP contribution in [0.15, 0.2) is 18.2 Å². The summed E-state index contributed by atoms with van der Waals surface area (Å²) in [6.07, 6.45) is 0.870. The van der Waals surface area contributed by atoms with Gasteiger partial charge < -0.3 is 20.1 Å². The van der Waals surface area contributed by atoms with E-state index in [4.69, 9.17) is 9.47 Å². The smallest absolute Gasteiger partial charge is 0.319 e. The first-order chi connectivity index (χ1) is 11.5. The summed E-state index contributed by atoms with van der Waals surface area (Å²) in [7, 11) is 1.85. The van der Waals surface area contributed by atoms with Crippen molar-refractivity contribution in [3.8, 4) is 11.5 Å². The Morgan fingerprint density at radius 1 is 1.25 bits per heavy atom. The second-order valence-electron chi connectivity index (χ2n) is 5.81. The van der Waals surface area contributed by atoms with E-state index in [2.05, 4.69) is 15.7 Å². The van der Waals surface area contributed by atoms with Gasteiger partial charge in [-0.3, -0.25) is 4.68 Å². The number of fused-ring (bicyclic) bond motifs is 1. The average Bonchev–Trinajstić information content (AvgIpc) is 2.75. The van der Waals surface area contributed by atoms with Gasteiger partial charge >= 0.3 is 6.03 Å². The zero-order valence-corrected chi connectivity index (χ0v) is 14.2. The van der Waals surface area contributed by atoms with E-state index in [0.29, 0.717) is 19.8 Å². The van der Waals surface area contributed by atoms with Gasteiger partial charge in [0, 0.05) is 20.0 Å². The third-order valence-electron chi connectivity index (χ3n) is 4.01. The molecule has 0 bridgehead atoms. The molecule has 0 spiro atoms. The monoisotopic (exact) mass is 330 g/mol. The molecule has 0 saturated carbocycles. The number of hydrogen-bond acceptors (Lipinski definition) is 4. The van der Waals surface area contributed by atoms with Crippen LogP contribution in [0.4, 0.5) is 10.5 Å². The van der Waals surface area contributed by atoms with Gasteiger partial charge in [-0.15, -0.1) is 0 Å². The maximum atomic E-state index is 12.1. The highest BCUT2D eigenvalue weighted by molar-refractivity contribution is 5.90. The summed E-state index contributed by atoms with van der Waals surface area (Å²) in [5, 5.41) is 9.99. The molecule has 2 aromatic rings. The number of carbonyl (C=O) groups excluding carboxylic acids is 1. The molecule has 0 saturated heterocycles. The Labute approximate surface area is 140 Å². The third kappa shape index (κ3) is 3.45. The minimum Gasteiger partial charge on any atom is -0.490 e. The van der Waals surface area contributed by atoms with E-state index in [1.165, 1.54) is 0 Å². The molecule has 0 atom stereocenters. The lowest BCUT2D eigenvalue weighted by Gasteiger charge is -2.11. The topological polar surface area (TPSA) is 77.4 Å². The van der Waals surface area contributed by atoms with Crippen LogP contribution in [-0.2, 0) is 13.6 Å². The summed E-state index contributed by atoms with van der Waals surface area (Å²) in [4.78, 5) is 12.1. The first kappa shape index (κ1) is 16.2. The number of carbonyl (C=O) groups is 1. The standard InChI is InChI=1S/C17H22N4O3/c1-11-16(12(2)21(3)20-11)19-17(22)18-10-13-5-6-14-15(9-13)24-8-4-7-23-14/h5-6,9H,4,7-8,10H2,1-3H3,(H2,18,19,22). The molecule has 2 N–H and O–H groups in total. The number of hydrogen-bond donors (Lipinski definition) is 2. The van der Waals surface area contributed by atoms with Gasteiger partial charge in [-0.1, -0.05) is 6.07 Å². The van der Waals surface area contributed by atoms with Crippen molar-refractivity contribution in [1.29, 1.82) is 0 Å². The number of nitrogens with one attached hydrogen (secondary N) is 2. The van der Waals surface area contributed by atoms with E-state index in [1.807, 2.05) is 39.1 Å². The SMILES string of the molecule is Cc1nn(C)c(C)c1NC(=O)NCc1ccc2c(c1)OCCCO2. The molecule has 7 nitrogen and oxygen atoms in total. The Balaban J connectivity index is 1.61. The van der Waals surface area contributed by atoms with Crippen molar-refractivity contribution in [2.24, 2.45) is 7.05 Å². The van der Waals surface area contributed by atoms with Crippen LogP contribution in [0.3, 0.4) is 0 Å². The fourth-order valence-corrected chi connectivity index (χ4v) is 2.61. The molecule has 7 heteroatoms. The molecule has 3 rings (SSSR count). The average molecular weight is 330 g/mol. The van der Waals surface area contributed by atoms with Crippen LogP contribution in [0.1, 0.15) is 23.4 Å². The highest BCUT2D eigenvalue weighted by atomic mass is 16.5. The van der Waals surface area contributed by atoms with Gasteiger partial charge in [0.05, 0.1) is 30.3 Å². The molecule has 128 valence electrons. The van der Waals surface area contributed by atoms with E-state index in [1.54, 1.807) is 4.68 Å². The Morgan fingerprint density at radius 2 is 2.00 bits per heavy atom. The van der Waals surface area contributed by atoms with Crippen molar-refractivity contribution in [2.75, 3.05) is 18.5 Å². The van der Waals surface area contributed by atoms with Gasteiger partial charge in [0.2, 0.25) is 0 Å². The van der Waals surface area contributed by atoms with Crippen molar-refractivity contribution in [3.05, 3.63) is 35.2 Å². The zero-order chi connectivity index (χ0) is 17.1. The van der Waals surface area contributed by atoms with Gasteiger partial charge in [-0.2, -0.15) is 5.10 Å². The number of nitrogens with zero attached hydrogens (tertiary/aromatic N) is 2. The van der Waals surface area contributed by atoms with E-state index < -0.39 is 0 Å². The largest absolute Gasteiger partial charge is 0.490 e. The quantitative estimate of drug-likeness (QED) is 0.906. The Morgan fingerprint density at radius 3 is 2.71 bits per heavy atom. The number of aryl methyl sites for hydroxylation is 2. The van der Waals surface area contributed by atoms with Crippen molar-refractivity contribution in [1.82, 2.24) is 15.1 Å². The highest BCUT2D eigenvalue weighted by Crippen LogP contribution is 2.30. The number of amides is 2. The number of ether oxygens (including phenoxy) is 2. The predicted octanol–water partition coefficient (Wildman–Crippen LogP) is 2.52. The van der Waals surface area contributed by atoms with E-state index >= 15 is 0 Å². The highest BCUT2D eigenvalue weighted by Gasteiger charge is 2.13. The first-order valence-electron chi connectivity index (χ1n) is 7.98. The molecule has 0 fully saturated rings. The molecule has 0 unspecified atom stereocenters. The summed E-state index contributed by atoms with van der Waals surface area (Å²) in [5.74, 6) is 1.48. The molecule has 1 aliphatic heterocycles. The minimum atomic E-state index is -0.263. The van der Waals surface area contributed by atoms with E-state index in [-0.39, 0.29) is 6.03 Å². The third-order valence-corrected chi connectivity index (χ3v) is 4.01. The van der Waals surface area contributed by atoms with Gasteiger partial charge in [0.15, 0.2) is 11.5 Å².